The van der Waals surface area contributed by atoms with Gasteiger partial charge in [-0.05, 0) is 26.8 Å². The minimum absolute atomic E-state index is 0.0711. The van der Waals surface area contributed by atoms with E-state index in [0.717, 1.165) is 12.1 Å². The van der Waals surface area contributed by atoms with Crippen LogP contribution < -0.4 is 10.0 Å². The smallest absolute Gasteiger partial charge is 0.407 e. The molecule has 0 spiro atoms. The predicted octanol–water partition coefficient (Wildman–Crippen LogP) is 2.70. The van der Waals surface area contributed by atoms with Crippen LogP contribution >= 0.6 is 23.2 Å². The van der Waals surface area contributed by atoms with Crippen molar-refractivity contribution in [1.82, 2.24) is 10.0 Å². The van der Waals surface area contributed by atoms with Crippen molar-refractivity contribution in [3.8, 4) is 0 Å². The van der Waals surface area contributed by atoms with Crippen molar-refractivity contribution in [2.24, 2.45) is 0 Å². The van der Waals surface area contributed by atoms with Gasteiger partial charge in [-0.15, -0.1) is 0 Å². The van der Waals surface area contributed by atoms with Gasteiger partial charge < -0.3 is 10.1 Å². The average molecular weight is 414 g/mol. The van der Waals surface area contributed by atoms with Crippen LogP contribution in [-0.2, 0) is 14.8 Å². The van der Waals surface area contributed by atoms with E-state index in [1.54, 1.807) is 20.8 Å². The zero-order valence-corrected chi connectivity index (χ0v) is 16.0. The number of nitrogens with zero attached hydrogens (tertiary/aromatic N) is 1. The molecule has 0 aromatic heterocycles. The van der Waals surface area contributed by atoms with Gasteiger partial charge in [-0.1, -0.05) is 23.2 Å². The molecule has 0 aliphatic heterocycles. The van der Waals surface area contributed by atoms with Crippen LogP contribution in [0.25, 0.3) is 0 Å². The molecule has 0 unspecified atom stereocenters. The van der Waals surface area contributed by atoms with Crippen molar-refractivity contribution in [2.75, 3.05) is 13.1 Å². The van der Waals surface area contributed by atoms with Gasteiger partial charge in [-0.25, -0.2) is 17.9 Å². The van der Waals surface area contributed by atoms with Crippen molar-refractivity contribution in [2.45, 2.75) is 31.3 Å². The summed E-state index contributed by atoms with van der Waals surface area (Å²) >= 11 is 11.6. The number of rotatable bonds is 6. The van der Waals surface area contributed by atoms with Gasteiger partial charge in [0.25, 0.3) is 5.69 Å². The molecule has 0 aliphatic rings. The maximum absolute atomic E-state index is 12.3. The summed E-state index contributed by atoms with van der Waals surface area (Å²) in [5.41, 5.74) is -1.27. The lowest BCUT2D eigenvalue weighted by atomic mass is 10.2. The van der Waals surface area contributed by atoms with Crippen LogP contribution in [0.15, 0.2) is 17.0 Å². The van der Waals surface area contributed by atoms with Crippen molar-refractivity contribution in [3.63, 3.8) is 0 Å². The lowest BCUT2D eigenvalue weighted by Gasteiger charge is -2.19. The number of ether oxygens (including phenoxy) is 1. The maximum atomic E-state index is 12.3. The van der Waals surface area contributed by atoms with Crippen molar-refractivity contribution in [3.05, 3.63) is 32.3 Å². The molecule has 12 heteroatoms. The second kappa shape index (κ2) is 8.17. The molecule has 1 amide bonds. The molecule has 0 aliphatic carbocycles. The Morgan fingerprint density at radius 3 is 2.40 bits per heavy atom. The van der Waals surface area contributed by atoms with E-state index < -0.39 is 42.2 Å². The van der Waals surface area contributed by atoms with Gasteiger partial charge in [-0.2, -0.15) is 0 Å². The fourth-order valence-electron chi connectivity index (χ4n) is 1.65. The number of alkyl carbamates (subject to hydrolysis) is 1. The molecule has 0 heterocycles. The molecule has 2 N–H and O–H groups in total. The Kier molecular flexibility index (Phi) is 7.00. The van der Waals surface area contributed by atoms with E-state index in [2.05, 4.69) is 10.0 Å². The van der Waals surface area contributed by atoms with Gasteiger partial charge in [0.2, 0.25) is 10.0 Å². The van der Waals surface area contributed by atoms with Crippen LogP contribution in [-0.4, -0.2) is 38.1 Å². The summed E-state index contributed by atoms with van der Waals surface area (Å²) in [6.07, 6.45) is -0.710. The van der Waals surface area contributed by atoms with Gasteiger partial charge in [0.1, 0.15) is 15.5 Å². The van der Waals surface area contributed by atoms with Gasteiger partial charge in [0, 0.05) is 19.2 Å². The van der Waals surface area contributed by atoms with Crippen molar-refractivity contribution >= 4 is 45.0 Å². The maximum Gasteiger partial charge on any atom is 0.407 e. The fraction of sp³-hybridized carbons (Fsp3) is 0.462. The quantitative estimate of drug-likeness (QED) is 0.419. The number of carbonyl (C=O) groups excluding carboxylic acids is 1. The number of nitro groups is 1. The number of hydrogen-bond acceptors (Lipinski definition) is 6. The highest BCUT2D eigenvalue weighted by Gasteiger charge is 2.28. The molecule has 25 heavy (non-hydrogen) atoms. The Morgan fingerprint density at radius 1 is 1.28 bits per heavy atom. The summed E-state index contributed by atoms with van der Waals surface area (Å²) in [7, 11) is -4.22. The van der Waals surface area contributed by atoms with Crippen LogP contribution in [0.2, 0.25) is 10.0 Å². The number of halogens is 2. The van der Waals surface area contributed by atoms with Crippen LogP contribution in [0.1, 0.15) is 20.8 Å². The van der Waals surface area contributed by atoms with E-state index in [9.17, 15) is 23.3 Å². The highest BCUT2D eigenvalue weighted by molar-refractivity contribution is 7.89. The van der Waals surface area contributed by atoms with Gasteiger partial charge in [0.05, 0.1) is 9.95 Å². The Hall–Kier alpha value is -1.62. The third kappa shape index (κ3) is 6.31. The van der Waals surface area contributed by atoms with E-state index >= 15 is 0 Å². The van der Waals surface area contributed by atoms with Crippen LogP contribution in [0.4, 0.5) is 10.5 Å². The van der Waals surface area contributed by atoms with E-state index in [1.165, 1.54) is 0 Å². The highest BCUT2D eigenvalue weighted by atomic mass is 35.5. The Labute approximate surface area is 154 Å². The standard InChI is InChI=1S/C13H17Cl2N3O6S/c1-13(2,3)24-12(19)16-6-7-17-25(22,23)11-8(14)4-5-9(10(11)15)18(20)21/h4-5,17H,6-7H2,1-3H3,(H,16,19). The summed E-state index contributed by atoms with van der Waals surface area (Å²) < 4.78 is 31.7. The summed E-state index contributed by atoms with van der Waals surface area (Å²) in [5.74, 6) is 0. The predicted molar refractivity (Wildman–Crippen MR) is 92.5 cm³/mol. The van der Waals surface area contributed by atoms with Crippen LogP contribution in [0.5, 0.6) is 0 Å². The number of hydrogen-bond donors (Lipinski definition) is 2. The Balaban J connectivity index is 2.79. The Morgan fingerprint density at radius 2 is 1.88 bits per heavy atom. The summed E-state index contributed by atoms with van der Waals surface area (Å²) in [4.78, 5) is 20.9. The molecule has 0 bridgehead atoms. The van der Waals surface area contributed by atoms with E-state index in [4.69, 9.17) is 27.9 Å². The second-order valence-electron chi connectivity index (χ2n) is 5.79. The first-order valence-corrected chi connectivity index (χ1v) is 9.18. The number of carbonyl (C=O) groups is 1. The molecule has 0 saturated carbocycles. The lowest BCUT2D eigenvalue weighted by molar-refractivity contribution is -0.384. The van der Waals surface area contributed by atoms with E-state index in [1.807, 2.05) is 0 Å². The van der Waals surface area contributed by atoms with Crippen LogP contribution in [0.3, 0.4) is 0 Å². The van der Waals surface area contributed by atoms with Gasteiger partial charge >= 0.3 is 6.09 Å². The molecule has 0 fully saturated rings. The van der Waals surface area contributed by atoms with E-state index in [0.29, 0.717) is 0 Å². The number of sulfonamides is 1. The van der Waals surface area contributed by atoms with Crippen molar-refractivity contribution < 1.29 is 22.9 Å². The third-order valence-electron chi connectivity index (χ3n) is 2.58. The largest absolute Gasteiger partial charge is 0.444 e. The number of nitrogens with one attached hydrogen (secondary N) is 2. The first-order valence-electron chi connectivity index (χ1n) is 6.94. The zero-order chi connectivity index (χ0) is 19.4. The molecule has 0 atom stereocenters. The molecule has 0 radical (unpaired) electrons. The average Bonchev–Trinajstić information content (AvgIpc) is 2.41. The number of benzene rings is 1. The summed E-state index contributed by atoms with van der Waals surface area (Å²) in [6, 6.07) is 2.08. The van der Waals surface area contributed by atoms with Gasteiger partial charge in [0.15, 0.2) is 0 Å². The normalized spacial score (nSPS) is 11.9. The third-order valence-corrected chi connectivity index (χ3v) is 5.05. The fourth-order valence-corrected chi connectivity index (χ4v) is 3.88. The summed E-state index contributed by atoms with van der Waals surface area (Å²) in [6.45, 7) is 4.78. The highest BCUT2D eigenvalue weighted by Crippen LogP contribution is 2.36. The molecule has 1 aromatic rings. The van der Waals surface area contributed by atoms with E-state index in [-0.39, 0.29) is 18.1 Å². The Bertz CT molecular complexity index is 777. The number of nitro benzene ring substituents is 1. The van der Waals surface area contributed by atoms with Crippen molar-refractivity contribution in [1.29, 1.82) is 0 Å². The molecule has 0 saturated heterocycles. The first kappa shape index (κ1) is 21.4. The first-order chi connectivity index (χ1) is 11.3. The lowest BCUT2D eigenvalue weighted by Crippen LogP contribution is -2.38. The topological polar surface area (TPSA) is 128 Å². The molecule has 140 valence electrons. The SMILES string of the molecule is CC(C)(C)OC(=O)NCCNS(=O)(=O)c1c(Cl)ccc([N+](=O)[O-])c1Cl. The molecular formula is C13H17Cl2N3O6S. The zero-order valence-electron chi connectivity index (χ0n) is 13.6. The van der Waals surface area contributed by atoms with Gasteiger partial charge in [-0.3, -0.25) is 10.1 Å². The minimum Gasteiger partial charge on any atom is -0.444 e. The monoisotopic (exact) mass is 413 g/mol. The molecular weight excluding hydrogens is 397 g/mol. The molecule has 1 rings (SSSR count). The molecule has 1 aromatic carbocycles. The second-order valence-corrected chi connectivity index (χ2v) is 8.28. The summed E-state index contributed by atoms with van der Waals surface area (Å²) in [5, 5.41) is 12.4. The number of amides is 1. The molecule has 9 nitrogen and oxygen atoms in total. The van der Waals surface area contributed by atoms with Crippen LogP contribution in [0, 0.1) is 10.1 Å². The minimum atomic E-state index is -4.22.